The molecule has 1 atom stereocenters. The molecule has 28 heavy (non-hydrogen) atoms. The third-order valence-corrected chi connectivity index (χ3v) is 5.32. The van der Waals surface area contributed by atoms with E-state index in [1.54, 1.807) is 23.9 Å². The first-order valence-electron chi connectivity index (χ1n) is 8.66. The van der Waals surface area contributed by atoms with Gasteiger partial charge in [0, 0.05) is 10.2 Å². The van der Waals surface area contributed by atoms with Gasteiger partial charge in [-0.3, -0.25) is 4.79 Å². The van der Waals surface area contributed by atoms with Crippen LogP contribution in [0.3, 0.4) is 0 Å². The molecule has 0 saturated heterocycles. The number of hydrogen-bond donors (Lipinski definition) is 2. The fraction of sp³-hybridized carbons (Fsp3) is 0.150. The Morgan fingerprint density at radius 3 is 2.75 bits per heavy atom. The third kappa shape index (κ3) is 3.16. The number of methoxy groups -OCH3 is 1. The maximum atomic E-state index is 13.3. The number of amides is 1. The zero-order valence-electron chi connectivity index (χ0n) is 15.3. The Morgan fingerprint density at radius 2 is 1.96 bits per heavy atom. The number of fused-ring (bicyclic) bond motifs is 1. The van der Waals surface area contributed by atoms with Gasteiger partial charge in [0.1, 0.15) is 18.1 Å². The van der Waals surface area contributed by atoms with Crippen molar-refractivity contribution in [1.29, 1.82) is 0 Å². The molecule has 2 heterocycles. The first-order valence-corrected chi connectivity index (χ1v) is 9.45. The second-order valence-corrected chi connectivity index (χ2v) is 7.12. The Morgan fingerprint density at radius 1 is 1.21 bits per heavy atom. The van der Waals surface area contributed by atoms with Crippen LogP contribution < -0.4 is 15.4 Å². The van der Waals surface area contributed by atoms with E-state index < -0.39 is 6.04 Å². The van der Waals surface area contributed by atoms with E-state index in [9.17, 15) is 4.79 Å². The number of carbonyl (C=O) groups is 1. The van der Waals surface area contributed by atoms with Crippen LogP contribution in [0.4, 0.5) is 11.6 Å². The summed E-state index contributed by atoms with van der Waals surface area (Å²) in [4.78, 5) is 17.6. The lowest BCUT2D eigenvalue weighted by Crippen LogP contribution is -2.31. The summed E-state index contributed by atoms with van der Waals surface area (Å²) in [6, 6.07) is 14.7. The second-order valence-electron chi connectivity index (χ2n) is 6.27. The number of nitrogens with zero attached hydrogens (tertiary/aromatic N) is 3. The van der Waals surface area contributed by atoms with E-state index in [-0.39, 0.29) is 5.91 Å². The maximum Gasteiger partial charge on any atom is 0.255 e. The number of nitrogens with one attached hydrogen (secondary N) is 2. The van der Waals surface area contributed by atoms with Gasteiger partial charge in [0.15, 0.2) is 0 Å². The maximum absolute atomic E-state index is 13.3. The number of para-hydroxylation sites is 2. The van der Waals surface area contributed by atoms with Crippen molar-refractivity contribution in [3.05, 3.63) is 76.2 Å². The molecule has 3 aromatic rings. The standard InChI is InChI=1S/C20H18BrN5O2/c1-12-17(19(27)25-15-9-5-6-10-16(15)28-2)18(13-7-3-4-8-14(13)21)26-20(24-12)22-11-23-26/h3-11,18H,1-2H3,(H,25,27)(H,22,23,24)/t18-/m0/s1. The van der Waals surface area contributed by atoms with Crippen molar-refractivity contribution < 1.29 is 9.53 Å². The largest absolute Gasteiger partial charge is 0.495 e. The molecule has 1 aliphatic heterocycles. The van der Waals surface area contributed by atoms with Crippen LogP contribution in [0.2, 0.25) is 0 Å². The van der Waals surface area contributed by atoms with Gasteiger partial charge in [-0.05, 0) is 30.7 Å². The molecule has 0 bridgehead atoms. The summed E-state index contributed by atoms with van der Waals surface area (Å²) >= 11 is 3.60. The first kappa shape index (κ1) is 18.2. The highest BCUT2D eigenvalue weighted by Crippen LogP contribution is 2.38. The highest BCUT2D eigenvalue weighted by Gasteiger charge is 2.34. The molecule has 1 amide bonds. The predicted molar refractivity (Wildman–Crippen MR) is 110 cm³/mol. The summed E-state index contributed by atoms with van der Waals surface area (Å²) in [7, 11) is 1.57. The van der Waals surface area contributed by atoms with Gasteiger partial charge in [-0.25, -0.2) is 4.68 Å². The highest BCUT2D eigenvalue weighted by molar-refractivity contribution is 9.10. The quantitative estimate of drug-likeness (QED) is 0.642. The SMILES string of the molecule is COc1ccccc1NC(=O)C1=C(C)Nc2ncnn2[C@H]1c1ccccc1Br. The van der Waals surface area contributed by atoms with Crippen LogP contribution in [0.15, 0.2) is 70.6 Å². The summed E-state index contributed by atoms with van der Waals surface area (Å²) in [6.07, 6.45) is 1.47. The summed E-state index contributed by atoms with van der Waals surface area (Å²) in [5.41, 5.74) is 2.79. The molecule has 2 aromatic carbocycles. The van der Waals surface area contributed by atoms with Crippen molar-refractivity contribution in [3.8, 4) is 5.75 Å². The highest BCUT2D eigenvalue weighted by atomic mass is 79.9. The number of anilines is 2. The van der Waals surface area contributed by atoms with E-state index in [0.29, 0.717) is 28.7 Å². The minimum Gasteiger partial charge on any atom is -0.495 e. The van der Waals surface area contributed by atoms with Crippen molar-refractivity contribution in [2.45, 2.75) is 13.0 Å². The molecule has 0 spiro atoms. The van der Waals surface area contributed by atoms with Gasteiger partial charge in [0.25, 0.3) is 5.91 Å². The normalized spacial score (nSPS) is 15.6. The van der Waals surface area contributed by atoms with Crippen molar-refractivity contribution in [2.24, 2.45) is 0 Å². The molecule has 7 nitrogen and oxygen atoms in total. The van der Waals surface area contributed by atoms with E-state index >= 15 is 0 Å². The van der Waals surface area contributed by atoms with E-state index in [4.69, 9.17) is 4.74 Å². The van der Waals surface area contributed by atoms with Crippen molar-refractivity contribution in [1.82, 2.24) is 14.8 Å². The fourth-order valence-electron chi connectivity index (χ4n) is 3.31. The molecule has 4 rings (SSSR count). The fourth-order valence-corrected chi connectivity index (χ4v) is 3.81. The van der Waals surface area contributed by atoms with Crippen molar-refractivity contribution in [2.75, 3.05) is 17.7 Å². The van der Waals surface area contributed by atoms with Gasteiger partial charge >= 0.3 is 0 Å². The average Bonchev–Trinajstić information content (AvgIpc) is 3.16. The van der Waals surface area contributed by atoms with Gasteiger partial charge in [-0.15, -0.1) is 0 Å². The molecular weight excluding hydrogens is 422 g/mol. The Bertz CT molecular complexity index is 1080. The van der Waals surface area contributed by atoms with Crippen LogP contribution in [0.1, 0.15) is 18.5 Å². The van der Waals surface area contributed by atoms with Gasteiger partial charge in [-0.2, -0.15) is 10.1 Å². The smallest absolute Gasteiger partial charge is 0.255 e. The zero-order valence-corrected chi connectivity index (χ0v) is 16.9. The van der Waals surface area contributed by atoms with Crippen LogP contribution >= 0.6 is 15.9 Å². The van der Waals surface area contributed by atoms with Crippen LogP contribution in [-0.2, 0) is 4.79 Å². The predicted octanol–water partition coefficient (Wildman–Crippen LogP) is 3.98. The molecule has 0 aliphatic carbocycles. The van der Waals surface area contributed by atoms with E-state index in [1.165, 1.54) is 6.33 Å². The Balaban J connectivity index is 1.79. The van der Waals surface area contributed by atoms with E-state index in [0.717, 1.165) is 10.0 Å². The number of hydrogen-bond acceptors (Lipinski definition) is 5. The number of halogens is 1. The Labute approximate surface area is 170 Å². The summed E-state index contributed by atoms with van der Waals surface area (Å²) in [5.74, 6) is 0.945. The topological polar surface area (TPSA) is 81.1 Å². The molecule has 0 unspecified atom stereocenters. The second kappa shape index (κ2) is 7.47. The van der Waals surface area contributed by atoms with Crippen molar-refractivity contribution >= 4 is 33.5 Å². The van der Waals surface area contributed by atoms with Crippen LogP contribution in [0.5, 0.6) is 5.75 Å². The van der Waals surface area contributed by atoms with Gasteiger partial charge in [0.05, 0.1) is 18.4 Å². The molecular formula is C20H18BrN5O2. The molecule has 8 heteroatoms. The number of aromatic nitrogens is 3. The molecule has 0 radical (unpaired) electrons. The zero-order chi connectivity index (χ0) is 19.7. The van der Waals surface area contributed by atoms with Gasteiger partial charge < -0.3 is 15.4 Å². The van der Waals surface area contributed by atoms with Crippen LogP contribution in [0.25, 0.3) is 0 Å². The summed E-state index contributed by atoms with van der Waals surface area (Å²) in [5, 5.41) is 10.5. The lowest BCUT2D eigenvalue weighted by Gasteiger charge is -2.29. The molecule has 1 aromatic heterocycles. The van der Waals surface area contributed by atoms with Crippen molar-refractivity contribution in [3.63, 3.8) is 0 Å². The minimum atomic E-state index is -0.427. The lowest BCUT2D eigenvalue weighted by molar-refractivity contribution is -0.113. The number of benzene rings is 2. The molecule has 0 saturated carbocycles. The minimum absolute atomic E-state index is 0.239. The lowest BCUT2D eigenvalue weighted by atomic mass is 9.95. The van der Waals surface area contributed by atoms with E-state index in [2.05, 4.69) is 36.6 Å². The van der Waals surface area contributed by atoms with Gasteiger partial charge in [-0.1, -0.05) is 46.3 Å². The number of ether oxygens (including phenoxy) is 1. The molecule has 1 aliphatic rings. The number of rotatable bonds is 4. The summed E-state index contributed by atoms with van der Waals surface area (Å²) < 4.78 is 7.95. The monoisotopic (exact) mass is 439 g/mol. The Kier molecular flexibility index (Phi) is 4.87. The van der Waals surface area contributed by atoms with Crippen LogP contribution in [-0.4, -0.2) is 27.8 Å². The Hall–Kier alpha value is -3.13. The molecule has 142 valence electrons. The third-order valence-electron chi connectivity index (χ3n) is 4.59. The average molecular weight is 440 g/mol. The molecule has 0 fully saturated rings. The van der Waals surface area contributed by atoms with E-state index in [1.807, 2.05) is 43.3 Å². The molecule has 2 N–H and O–H groups in total. The van der Waals surface area contributed by atoms with Crippen LogP contribution in [0, 0.1) is 0 Å². The number of allylic oxidation sites excluding steroid dienone is 1. The first-order chi connectivity index (χ1) is 13.6. The van der Waals surface area contributed by atoms with Gasteiger partial charge in [0.2, 0.25) is 5.95 Å². The number of carbonyl (C=O) groups excluding carboxylic acids is 1. The summed E-state index contributed by atoms with van der Waals surface area (Å²) in [6.45, 7) is 1.86.